The maximum Gasteiger partial charge on any atom is 0.236 e. The third-order valence-corrected chi connectivity index (χ3v) is 5.10. The summed E-state index contributed by atoms with van der Waals surface area (Å²) in [6.45, 7) is 2.14. The minimum absolute atomic E-state index is 0.176. The lowest BCUT2D eigenvalue weighted by Crippen LogP contribution is -2.13. The van der Waals surface area contributed by atoms with E-state index in [1.807, 2.05) is 0 Å². The van der Waals surface area contributed by atoms with Crippen molar-refractivity contribution in [2.75, 3.05) is 22.6 Å². The van der Waals surface area contributed by atoms with Crippen LogP contribution >= 0.6 is 34.9 Å². The Balaban J connectivity index is 1.74. The van der Waals surface area contributed by atoms with E-state index in [-0.39, 0.29) is 17.6 Å². The Hall–Kier alpha value is -1.33. The van der Waals surface area contributed by atoms with E-state index in [1.165, 1.54) is 23.1 Å². The number of nitrogens with two attached hydrogens (primary N) is 1. The fourth-order valence-corrected chi connectivity index (χ4v) is 3.76. The molecular formula is C10H15N7OS3. The first-order valence-corrected chi connectivity index (χ1v) is 9.03. The van der Waals surface area contributed by atoms with Gasteiger partial charge in [0.15, 0.2) is 4.34 Å². The molecule has 0 unspecified atom stereocenters. The van der Waals surface area contributed by atoms with Gasteiger partial charge in [0.2, 0.25) is 22.1 Å². The number of nitrogens with one attached hydrogen (secondary N) is 2. The standard InChI is InChI=1S/C10H15N7OS3/c1-2-3-4-19-10-17-16-9(21-10)12-6(18)5-20-8-13-7(11)14-15-8/h2-5H2,1H3,(H,12,16,18)(H3,11,13,14,15). The summed E-state index contributed by atoms with van der Waals surface area (Å²) in [4.78, 5) is 15.7. The summed E-state index contributed by atoms with van der Waals surface area (Å²) in [6, 6.07) is 0. The molecule has 2 rings (SSSR count). The minimum atomic E-state index is -0.176. The van der Waals surface area contributed by atoms with E-state index in [0.29, 0.717) is 10.3 Å². The highest BCUT2D eigenvalue weighted by atomic mass is 32.2. The van der Waals surface area contributed by atoms with Crippen molar-refractivity contribution < 1.29 is 4.79 Å². The molecule has 114 valence electrons. The monoisotopic (exact) mass is 345 g/mol. The van der Waals surface area contributed by atoms with E-state index in [0.717, 1.165) is 22.9 Å². The summed E-state index contributed by atoms with van der Waals surface area (Å²) in [5.74, 6) is 1.26. The van der Waals surface area contributed by atoms with Gasteiger partial charge in [0.05, 0.1) is 5.75 Å². The van der Waals surface area contributed by atoms with Gasteiger partial charge < -0.3 is 5.73 Å². The lowest BCUT2D eigenvalue weighted by atomic mass is 10.4. The lowest BCUT2D eigenvalue weighted by molar-refractivity contribution is -0.113. The topological polar surface area (TPSA) is 122 Å². The zero-order valence-corrected chi connectivity index (χ0v) is 13.8. The summed E-state index contributed by atoms with van der Waals surface area (Å²) >= 11 is 4.23. The Kier molecular flexibility index (Phi) is 6.26. The lowest BCUT2D eigenvalue weighted by Gasteiger charge is -1.98. The first kappa shape index (κ1) is 16.0. The van der Waals surface area contributed by atoms with Gasteiger partial charge >= 0.3 is 0 Å². The van der Waals surface area contributed by atoms with Crippen LogP contribution in [0.1, 0.15) is 19.8 Å². The summed E-state index contributed by atoms with van der Waals surface area (Å²) in [5, 5.41) is 18.0. The molecule has 0 spiro atoms. The molecule has 4 N–H and O–H groups in total. The van der Waals surface area contributed by atoms with Gasteiger partial charge in [0.25, 0.3) is 0 Å². The number of hydrogen-bond acceptors (Lipinski definition) is 9. The molecule has 0 aromatic carbocycles. The number of aromatic nitrogens is 5. The maximum absolute atomic E-state index is 11.8. The second-order valence-corrected chi connectivity index (χ2v) is 7.18. The largest absolute Gasteiger partial charge is 0.368 e. The molecule has 0 bridgehead atoms. The summed E-state index contributed by atoms with van der Waals surface area (Å²) in [7, 11) is 0. The molecule has 0 aliphatic heterocycles. The Morgan fingerprint density at radius 2 is 2.29 bits per heavy atom. The van der Waals surface area contributed by atoms with E-state index in [2.05, 4.69) is 37.6 Å². The summed E-state index contributed by atoms with van der Waals surface area (Å²) < 4.78 is 0.869. The highest BCUT2D eigenvalue weighted by Gasteiger charge is 2.10. The van der Waals surface area contributed by atoms with Crippen LogP contribution in [0.4, 0.5) is 11.1 Å². The molecule has 0 saturated heterocycles. The van der Waals surface area contributed by atoms with Gasteiger partial charge in [-0.05, 0) is 6.42 Å². The van der Waals surface area contributed by atoms with Gasteiger partial charge in [-0.3, -0.25) is 10.1 Å². The van der Waals surface area contributed by atoms with Crippen LogP contribution in [0.25, 0.3) is 0 Å². The number of carbonyl (C=O) groups excluding carboxylic acids is 1. The Morgan fingerprint density at radius 3 is 3.00 bits per heavy atom. The SMILES string of the molecule is CCCCSc1nnc(NC(=O)CSc2n[nH]c(N)n2)s1. The number of nitrogen functional groups attached to an aromatic ring is 1. The number of hydrogen-bond donors (Lipinski definition) is 3. The van der Waals surface area contributed by atoms with Crippen molar-refractivity contribution in [2.45, 2.75) is 29.3 Å². The first-order chi connectivity index (χ1) is 10.2. The zero-order chi connectivity index (χ0) is 15.1. The predicted molar refractivity (Wildman–Crippen MR) is 85.7 cm³/mol. The van der Waals surface area contributed by atoms with Crippen LogP contribution in [-0.4, -0.2) is 42.8 Å². The number of carbonyl (C=O) groups is 1. The predicted octanol–water partition coefficient (Wildman–Crippen LogP) is 1.86. The van der Waals surface area contributed by atoms with Crippen molar-refractivity contribution >= 4 is 51.8 Å². The van der Waals surface area contributed by atoms with Gasteiger partial charge in [-0.25, -0.2) is 5.10 Å². The summed E-state index contributed by atoms with van der Waals surface area (Å²) in [5.41, 5.74) is 5.40. The maximum atomic E-state index is 11.8. The van der Waals surface area contributed by atoms with Gasteiger partial charge in [-0.1, -0.05) is 48.2 Å². The first-order valence-electron chi connectivity index (χ1n) is 6.24. The highest BCUT2D eigenvalue weighted by Crippen LogP contribution is 2.26. The van der Waals surface area contributed by atoms with Gasteiger partial charge in [-0.2, -0.15) is 4.98 Å². The number of unbranched alkanes of at least 4 members (excludes halogenated alkanes) is 1. The molecule has 8 nitrogen and oxygen atoms in total. The van der Waals surface area contributed by atoms with E-state index < -0.39 is 0 Å². The second-order valence-electron chi connectivity index (χ2n) is 3.92. The molecule has 0 atom stereocenters. The highest BCUT2D eigenvalue weighted by molar-refractivity contribution is 8.01. The zero-order valence-electron chi connectivity index (χ0n) is 11.3. The molecule has 11 heteroatoms. The third kappa shape index (κ3) is 5.52. The average Bonchev–Trinajstić information content (AvgIpc) is 3.06. The van der Waals surface area contributed by atoms with Crippen molar-refractivity contribution in [3.63, 3.8) is 0 Å². The Bertz CT molecular complexity index is 585. The minimum Gasteiger partial charge on any atom is -0.368 e. The van der Waals surface area contributed by atoms with Crippen LogP contribution in [0, 0.1) is 0 Å². The van der Waals surface area contributed by atoms with Gasteiger partial charge in [0, 0.05) is 5.75 Å². The van der Waals surface area contributed by atoms with Crippen LogP contribution in [0.3, 0.4) is 0 Å². The molecule has 0 aliphatic rings. The molecule has 2 heterocycles. The normalized spacial score (nSPS) is 10.7. The van der Waals surface area contributed by atoms with Crippen LogP contribution < -0.4 is 11.1 Å². The van der Waals surface area contributed by atoms with Crippen molar-refractivity contribution in [3.8, 4) is 0 Å². The number of nitrogens with zero attached hydrogens (tertiary/aromatic N) is 4. The molecule has 21 heavy (non-hydrogen) atoms. The summed E-state index contributed by atoms with van der Waals surface area (Å²) in [6.07, 6.45) is 2.29. The molecule has 0 fully saturated rings. The fourth-order valence-electron chi connectivity index (χ4n) is 1.23. The van der Waals surface area contributed by atoms with E-state index in [4.69, 9.17) is 5.73 Å². The van der Waals surface area contributed by atoms with Crippen LogP contribution in [0.5, 0.6) is 0 Å². The molecule has 0 saturated carbocycles. The Morgan fingerprint density at radius 1 is 1.43 bits per heavy atom. The average molecular weight is 345 g/mol. The number of amides is 1. The second kappa shape index (κ2) is 8.20. The van der Waals surface area contributed by atoms with E-state index in [1.54, 1.807) is 11.8 Å². The van der Waals surface area contributed by atoms with Crippen LogP contribution in [0.15, 0.2) is 9.50 Å². The molecule has 2 aromatic rings. The van der Waals surface area contributed by atoms with E-state index >= 15 is 0 Å². The molecular weight excluding hydrogens is 330 g/mol. The molecule has 0 radical (unpaired) electrons. The van der Waals surface area contributed by atoms with Crippen molar-refractivity contribution in [1.82, 2.24) is 25.4 Å². The van der Waals surface area contributed by atoms with Crippen molar-refractivity contribution in [3.05, 3.63) is 0 Å². The van der Waals surface area contributed by atoms with Crippen molar-refractivity contribution in [1.29, 1.82) is 0 Å². The number of anilines is 2. The number of rotatable bonds is 8. The van der Waals surface area contributed by atoms with Gasteiger partial charge in [0.1, 0.15) is 0 Å². The third-order valence-electron chi connectivity index (χ3n) is 2.19. The number of thioether (sulfide) groups is 2. The number of H-pyrrole nitrogens is 1. The quantitative estimate of drug-likeness (QED) is 0.376. The fraction of sp³-hybridized carbons (Fsp3) is 0.500. The van der Waals surface area contributed by atoms with Crippen LogP contribution in [-0.2, 0) is 4.79 Å². The van der Waals surface area contributed by atoms with Gasteiger partial charge in [-0.15, -0.1) is 15.3 Å². The van der Waals surface area contributed by atoms with E-state index in [9.17, 15) is 4.79 Å². The smallest absolute Gasteiger partial charge is 0.236 e. The molecule has 2 aromatic heterocycles. The van der Waals surface area contributed by atoms with Crippen molar-refractivity contribution in [2.24, 2.45) is 0 Å². The van der Waals surface area contributed by atoms with Crippen LogP contribution in [0.2, 0.25) is 0 Å². The molecule has 0 aliphatic carbocycles. The molecule has 1 amide bonds. The Labute approximate surface area is 134 Å². The number of aromatic amines is 1.